The first-order valence-corrected chi connectivity index (χ1v) is 6.24. The van der Waals surface area contributed by atoms with Gasteiger partial charge >= 0.3 is 0 Å². The standard InChI is InChI=1S/C11H13Cl2N3O/c12-8-5-9(13)11(15-6-8)16-3-1-7(2-4-16)10(14)17/h5-7H,1-4H2,(H2,14,17)/p+1. The molecule has 0 atom stereocenters. The van der Waals surface area contributed by atoms with Crippen molar-refractivity contribution in [1.29, 1.82) is 0 Å². The van der Waals surface area contributed by atoms with E-state index in [1.54, 1.807) is 12.3 Å². The molecule has 1 fully saturated rings. The van der Waals surface area contributed by atoms with Crippen LogP contribution < -0.4 is 15.6 Å². The van der Waals surface area contributed by atoms with Gasteiger partial charge in [-0.3, -0.25) is 9.69 Å². The Bertz CT molecular complexity index is 431. The van der Waals surface area contributed by atoms with E-state index in [1.807, 2.05) is 0 Å². The fourth-order valence-electron chi connectivity index (χ4n) is 2.07. The van der Waals surface area contributed by atoms with Crippen LogP contribution in [0, 0.1) is 5.92 Å². The molecule has 0 unspecified atom stereocenters. The zero-order chi connectivity index (χ0) is 12.4. The maximum Gasteiger partial charge on any atom is 0.293 e. The number of nitrogens with zero attached hydrogens (tertiary/aromatic N) is 1. The molecular formula is C11H14Cl2N3O+. The van der Waals surface area contributed by atoms with Gasteiger partial charge in [0.1, 0.15) is 11.2 Å². The van der Waals surface area contributed by atoms with Crippen molar-refractivity contribution in [2.75, 3.05) is 18.0 Å². The van der Waals surface area contributed by atoms with Gasteiger partial charge in [-0.2, -0.15) is 0 Å². The van der Waals surface area contributed by atoms with Gasteiger partial charge in [0.05, 0.1) is 18.1 Å². The summed E-state index contributed by atoms with van der Waals surface area (Å²) < 4.78 is 0. The average Bonchev–Trinajstić information content (AvgIpc) is 2.29. The normalized spacial score (nSPS) is 17.2. The smallest absolute Gasteiger partial charge is 0.293 e. The van der Waals surface area contributed by atoms with Crippen LogP contribution in [-0.2, 0) is 4.79 Å². The van der Waals surface area contributed by atoms with E-state index in [9.17, 15) is 4.79 Å². The molecule has 1 aliphatic rings. The Morgan fingerprint density at radius 2 is 2.06 bits per heavy atom. The number of primary amides is 1. The van der Waals surface area contributed by atoms with E-state index in [0.717, 1.165) is 31.7 Å². The van der Waals surface area contributed by atoms with Crippen LogP contribution in [0.25, 0.3) is 0 Å². The minimum absolute atomic E-state index is 0.0164. The van der Waals surface area contributed by atoms with E-state index in [0.29, 0.717) is 10.0 Å². The highest BCUT2D eigenvalue weighted by atomic mass is 35.5. The minimum Gasteiger partial charge on any atom is -0.369 e. The fraction of sp³-hybridized carbons (Fsp3) is 0.455. The summed E-state index contributed by atoms with van der Waals surface area (Å²) in [4.78, 5) is 16.2. The molecule has 2 rings (SSSR count). The van der Waals surface area contributed by atoms with Crippen LogP contribution in [0.2, 0.25) is 10.0 Å². The number of anilines is 1. The van der Waals surface area contributed by atoms with Crippen molar-refractivity contribution in [1.82, 2.24) is 0 Å². The number of aromatic amines is 1. The molecule has 2 heterocycles. The second-order valence-electron chi connectivity index (χ2n) is 4.18. The number of H-pyrrole nitrogens is 1. The van der Waals surface area contributed by atoms with Crippen molar-refractivity contribution < 1.29 is 9.78 Å². The molecule has 1 aromatic rings. The highest BCUT2D eigenvalue weighted by molar-refractivity contribution is 6.35. The Balaban J connectivity index is 2.08. The first-order valence-electron chi connectivity index (χ1n) is 5.49. The van der Waals surface area contributed by atoms with Gasteiger partial charge in [-0.1, -0.05) is 23.2 Å². The summed E-state index contributed by atoms with van der Waals surface area (Å²) >= 11 is 11.9. The van der Waals surface area contributed by atoms with Crippen molar-refractivity contribution >= 4 is 34.9 Å². The Kier molecular flexibility index (Phi) is 3.74. The summed E-state index contributed by atoms with van der Waals surface area (Å²) in [5, 5.41) is 1.17. The fourth-order valence-corrected chi connectivity index (χ4v) is 2.58. The number of nitrogens with two attached hydrogens (primary N) is 1. The molecular weight excluding hydrogens is 261 g/mol. The Hall–Kier alpha value is -1.000. The van der Waals surface area contributed by atoms with Crippen molar-refractivity contribution in [3.05, 3.63) is 22.3 Å². The number of rotatable bonds is 2. The maximum absolute atomic E-state index is 11.1. The van der Waals surface area contributed by atoms with E-state index in [4.69, 9.17) is 28.9 Å². The first kappa shape index (κ1) is 12.5. The number of piperidine rings is 1. The molecule has 4 nitrogen and oxygen atoms in total. The minimum atomic E-state index is -0.212. The van der Waals surface area contributed by atoms with E-state index >= 15 is 0 Å². The molecule has 0 spiro atoms. The van der Waals surface area contributed by atoms with Gasteiger partial charge in [0.25, 0.3) is 5.82 Å². The molecule has 6 heteroatoms. The summed E-state index contributed by atoms with van der Waals surface area (Å²) in [6.07, 6.45) is 3.23. The number of hydrogen-bond acceptors (Lipinski definition) is 2. The highest BCUT2D eigenvalue weighted by Gasteiger charge is 2.29. The molecule has 1 aromatic heterocycles. The average molecular weight is 275 g/mol. The monoisotopic (exact) mass is 274 g/mol. The van der Waals surface area contributed by atoms with Gasteiger partial charge in [-0.25, -0.2) is 4.98 Å². The molecule has 1 amide bonds. The van der Waals surface area contributed by atoms with Crippen LogP contribution in [0.3, 0.4) is 0 Å². The number of halogens is 2. The summed E-state index contributed by atoms with van der Waals surface area (Å²) in [6, 6.07) is 1.70. The molecule has 3 N–H and O–H groups in total. The second kappa shape index (κ2) is 5.10. The molecule has 0 radical (unpaired) electrons. The van der Waals surface area contributed by atoms with E-state index in [-0.39, 0.29) is 11.8 Å². The number of carbonyl (C=O) groups is 1. The van der Waals surface area contributed by atoms with Crippen LogP contribution in [0.5, 0.6) is 0 Å². The van der Waals surface area contributed by atoms with Crippen molar-refractivity contribution in [2.45, 2.75) is 12.8 Å². The quantitative estimate of drug-likeness (QED) is 0.889. The third kappa shape index (κ3) is 2.82. The Morgan fingerprint density at radius 3 is 2.59 bits per heavy atom. The topological polar surface area (TPSA) is 60.5 Å². The number of aromatic nitrogens is 1. The van der Waals surface area contributed by atoms with Crippen LogP contribution in [0.4, 0.5) is 5.82 Å². The molecule has 92 valence electrons. The van der Waals surface area contributed by atoms with Crippen molar-refractivity contribution in [3.8, 4) is 0 Å². The Labute approximate surface area is 110 Å². The van der Waals surface area contributed by atoms with Crippen LogP contribution in [-0.4, -0.2) is 19.0 Å². The van der Waals surface area contributed by atoms with Gasteiger partial charge in [-0.05, 0) is 18.9 Å². The lowest BCUT2D eigenvalue weighted by Crippen LogP contribution is -2.40. The molecule has 17 heavy (non-hydrogen) atoms. The number of carbonyl (C=O) groups excluding carboxylic acids is 1. The SMILES string of the molecule is NC(=O)C1CCN(c2[nH+]cc(Cl)cc2Cl)CC1. The third-order valence-corrected chi connectivity index (χ3v) is 3.56. The molecule has 1 saturated heterocycles. The van der Waals surface area contributed by atoms with Gasteiger partial charge in [0.15, 0.2) is 0 Å². The highest BCUT2D eigenvalue weighted by Crippen LogP contribution is 2.27. The molecule has 1 aliphatic heterocycles. The van der Waals surface area contributed by atoms with Gasteiger partial charge in [-0.15, -0.1) is 0 Å². The first-order chi connectivity index (χ1) is 8.08. The van der Waals surface area contributed by atoms with E-state index in [1.165, 1.54) is 0 Å². The zero-order valence-corrected chi connectivity index (χ0v) is 10.8. The van der Waals surface area contributed by atoms with Crippen LogP contribution in [0.1, 0.15) is 12.8 Å². The number of nitrogens with one attached hydrogen (secondary N) is 1. The van der Waals surface area contributed by atoms with Crippen LogP contribution in [0.15, 0.2) is 12.3 Å². The van der Waals surface area contributed by atoms with Gasteiger partial charge in [0, 0.05) is 5.92 Å². The van der Waals surface area contributed by atoms with Crippen LogP contribution >= 0.6 is 23.2 Å². The van der Waals surface area contributed by atoms with Crippen molar-refractivity contribution in [3.63, 3.8) is 0 Å². The maximum atomic E-state index is 11.1. The molecule has 0 bridgehead atoms. The predicted molar refractivity (Wildman–Crippen MR) is 67.1 cm³/mol. The lowest BCUT2D eigenvalue weighted by atomic mass is 9.96. The predicted octanol–water partition coefficient (Wildman–Crippen LogP) is 1.51. The second-order valence-corrected chi connectivity index (χ2v) is 5.02. The molecule has 0 aliphatic carbocycles. The largest absolute Gasteiger partial charge is 0.369 e. The molecule has 0 saturated carbocycles. The zero-order valence-electron chi connectivity index (χ0n) is 9.25. The number of hydrogen-bond donors (Lipinski definition) is 1. The van der Waals surface area contributed by atoms with E-state index < -0.39 is 0 Å². The molecule has 0 aromatic carbocycles. The number of amides is 1. The summed E-state index contributed by atoms with van der Waals surface area (Å²) in [7, 11) is 0. The summed E-state index contributed by atoms with van der Waals surface area (Å²) in [6.45, 7) is 1.54. The summed E-state index contributed by atoms with van der Waals surface area (Å²) in [5.74, 6) is 0.618. The van der Waals surface area contributed by atoms with Crippen molar-refractivity contribution in [2.24, 2.45) is 11.7 Å². The van der Waals surface area contributed by atoms with Gasteiger partial charge < -0.3 is 5.73 Å². The third-order valence-electron chi connectivity index (χ3n) is 3.05. The Morgan fingerprint density at radius 1 is 1.41 bits per heavy atom. The summed E-state index contributed by atoms with van der Waals surface area (Å²) in [5.41, 5.74) is 5.29. The van der Waals surface area contributed by atoms with E-state index in [2.05, 4.69) is 9.88 Å². The lowest BCUT2D eigenvalue weighted by Gasteiger charge is -2.26. The number of pyridine rings is 1. The lowest BCUT2D eigenvalue weighted by molar-refractivity contribution is -0.364. The van der Waals surface area contributed by atoms with Gasteiger partial charge in [0.2, 0.25) is 5.91 Å².